The molecule has 0 aromatic carbocycles. The standard InChI is InChI=1S/C69H119NO18/c1-3-5-7-9-11-13-15-17-19-21-23-25-26-27-29-31-33-35-37-39-41-43-45-47-57(75)70-52(53(74)46-44-42-40-38-36-34-32-30-28-24-22-20-18-16-14-12-10-8-6-4-2)51-83-67-63(81)60(78)65(55(49-72)85-67)88-69-64(82)61(79)66(56(50-73)86-69)87-68-62(80)59(77)58(76)54(48-71)84-68/h5,7,11,13,17,19,23,25,27,29,33,35,44,46,52-56,58-69,71-74,76-82H,3-4,6,8-10,12,14-16,18,20-22,24,26,28,30-32,34,36-43,45,47-51H2,1-2H3,(H,70,75)/b7-5-,13-11-,19-17-,25-23-,29-27-,35-33-,46-44+. The summed E-state index contributed by atoms with van der Waals surface area (Å²) < 4.78 is 34.3. The molecular formula is C69H119NO18. The van der Waals surface area contributed by atoms with Crippen molar-refractivity contribution in [1.29, 1.82) is 0 Å². The fraction of sp³-hybridized carbons (Fsp3) is 0.783. The Bertz CT molecular complexity index is 1930. The lowest BCUT2D eigenvalue weighted by atomic mass is 9.96. The molecule has 3 fully saturated rings. The van der Waals surface area contributed by atoms with Crippen molar-refractivity contribution in [3.63, 3.8) is 0 Å². The monoisotopic (exact) mass is 1250 g/mol. The van der Waals surface area contributed by atoms with E-state index in [0.29, 0.717) is 6.42 Å². The van der Waals surface area contributed by atoms with E-state index in [1.807, 2.05) is 6.08 Å². The summed E-state index contributed by atoms with van der Waals surface area (Å²) in [6.07, 6.45) is 36.9. The number of amides is 1. The van der Waals surface area contributed by atoms with Crippen molar-refractivity contribution in [3.05, 3.63) is 85.1 Å². The summed E-state index contributed by atoms with van der Waals surface area (Å²) in [5, 5.41) is 120. The number of unbranched alkanes of at least 4 members (excludes halogenated alkanes) is 22. The van der Waals surface area contributed by atoms with Crippen LogP contribution in [-0.2, 0) is 33.2 Å². The van der Waals surface area contributed by atoms with Gasteiger partial charge >= 0.3 is 0 Å². The van der Waals surface area contributed by atoms with Gasteiger partial charge in [0.2, 0.25) is 5.91 Å². The number of carbonyl (C=O) groups is 1. The van der Waals surface area contributed by atoms with Crippen molar-refractivity contribution >= 4 is 5.91 Å². The van der Waals surface area contributed by atoms with Crippen molar-refractivity contribution in [2.24, 2.45) is 0 Å². The molecule has 19 nitrogen and oxygen atoms in total. The first-order chi connectivity index (χ1) is 42.8. The van der Waals surface area contributed by atoms with Crippen LogP contribution in [0.2, 0.25) is 0 Å². The number of aliphatic hydroxyl groups is 11. The number of aliphatic hydroxyl groups excluding tert-OH is 11. The molecule has 88 heavy (non-hydrogen) atoms. The molecule has 0 radical (unpaired) electrons. The third kappa shape index (κ3) is 32.5. The zero-order valence-electron chi connectivity index (χ0n) is 53.4. The fourth-order valence-electron chi connectivity index (χ4n) is 11.0. The number of allylic oxidation sites excluding steroid dienone is 13. The predicted molar refractivity (Wildman–Crippen MR) is 341 cm³/mol. The third-order valence-electron chi connectivity index (χ3n) is 16.4. The Labute approximate surface area is 527 Å². The first-order valence-electron chi connectivity index (χ1n) is 33.8. The molecule has 3 rings (SSSR count). The molecule has 0 aromatic rings. The first kappa shape index (κ1) is 79.2. The van der Waals surface area contributed by atoms with Crippen molar-refractivity contribution in [1.82, 2.24) is 5.32 Å². The predicted octanol–water partition coefficient (Wildman–Crippen LogP) is 8.32. The van der Waals surface area contributed by atoms with Gasteiger partial charge in [-0.15, -0.1) is 0 Å². The summed E-state index contributed by atoms with van der Waals surface area (Å²) in [5.74, 6) is -0.302. The van der Waals surface area contributed by atoms with E-state index in [2.05, 4.69) is 92.1 Å². The highest BCUT2D eigenvalue weighted by Gasteiger charge is 2.53. The Morgan fingerprint density at radius 1 is 0.420 bits per heavy atom. The molecule has 0 spiro atoms. The molecule has 3 heterocycles. The van der Waals surface area contributed by atoms with E-state index in [4.69, 9.17) is 28.4 Å². The zero-order chi connectivity index (χ0) is 64.0. The van der Waals surface area contributed by atoms with Gasteiger partial charge in [0.25, 0.3) is 0 Å². The van der Waals surface area contributed by atoms with E-state index >= 15 is 0 Å². The van der Waals surface area contributed by atoms with Gasteiger partial charge in [-0.3, -0.25) is 4.79 Å². The van der Waals surface area contributed by atoms with E-state index < -0.39 is 124 Å². The van der Waals surface area contributed by atoms with Crippen molar-refractivity contribution in [2.75, 3.05) is 26.4 Å². The Balaban J connectivity index is 1.48. The van der Waals surface area contributed by atoms with Crippen LogP contribution in [0, 0.1) is 0 Å². The fourth-order valence-corrected chi connectivity index (χ4v) is 11.0. The minimum Gasteiger partial charge on any atom is -0.394 e. The lowest BCUT2D eigenvalue weighted by molar-refractivity contribution is -0.379. The Kier molecular flexibility index (Phi) is 45.5. The smallest absolute Gasteiger partial charge is 0.220 e. The second-order valence-electron chi connectivity index (χ2n) is 23.9. The van der Waals surface area contributed by atoms with Crippen LogP contribution in [0.1, 0.15) is 213 Å². The van der Waals surface area contributed by atoms with Gasteiger partial charge in [-0.05, 0) is 70.6 Å². The summed E-state index contributed by atoms with van der Waals surface area (Å²) in [5.41, 5.74) is 0. The van der Waals surface area contributed by atoms with Gasteiger partial charge in [0.1, 0.15) is 73.2 Å². The van der Waals surface area contributed by atoms with E-state index in [-0.39, 0.29) is 18.9 Å². The van der Waals surface area contributed by atoms with Gasteiger partial charge in [-0.25, -0.2) is 0 Å². The molecular weight excluding hydrogens is 1130 g/mol. The summed E-state index contributed by atoms with van der Waals surface area (Å²) >= 11 is 0. The van der Waals surface area contributed by atoms with Crippen LogP contribution >= 0.6 is 0 Å². The summed E-state index contributed by atoms with van der Waals surface area (Å²) in [7, 11) is 0. The van der Waals surface area contributed by atoms with Gasteiger partial charge in [0, 0.05) is 6.42 Å². The Morgan fingerprint density at radius 2 is 0.784 bits per heavy atom. The molecule has 0 aromatic heterocycles. The molecule has 19 heteroatoms. The number of rotatable bonds is 50. The van der Waals surface area contributed by atoms with E-state index in [0.717, 1.165) is 89.9 Å². The van der Waals surface area contributed by atoms with Crippen LogP contribution in [0.3, 0.4) is 0 Å². The Hall–Kier alpha value is -3.03. The van der Waals surface area contributed by atoms with Crippen LogP contribution in [0.25, 0.3) is 0 Å². The topological polar surface area (TPSA) is 307 Å². The van der Waals surface area contributed by atoms with Gasteiger partial charge in [0.15, 0.2) is 18.9 Å². The molecule has 508 valence electrons. The minimum absolute atomic E-state index is 0.209. The quantitative estimate of drug-likeness (QED) is 0.0201. The number of hydrogen-bond acceptors (Lipinski definition) is 18. The zero-order valence-corrected chi connectivity index (χ0v) is 53.4. The summed E-state index contributed by atoms with van der Waals surface area (Å²) in [4.78, 5) is 13.4. The molecule has 3 saturated heterocycles. The number of ether oxygens (including phenoxy) is 6. The second-order valence-corrected chi connectivity index (χ2v) is 23.9. The first-order valence-corrected chi connectivity index (χ1v) is 33.8. The lowest BCUT2D eigenvalue weighted by Gasteiger charge is -2.48. The van der Waals surface area contributed by atoms with Crippen LogP contribution in [0.4, 0.5) is 0 Å². The van der Waals surface area contributed by atoms with Crippen LogP contribution < -0.4 is 5.32 Å². The Morgan fingerprint density at radius 3 is 1.23 bits per heavy atom. The third-order valence-corrected chi connectivity index (χ3v) is 16.4. The molecule has 0 saturated carbocycles. The highest BCUT2D eigenvalue weighted by Crippen LogP contribution is 2.33. The number of carbonyl (C=O) groups excluding carboxylic acids is 1. The van der Waals surface area contributed by atoms with Gasteiger partial charge < -0.3 is 89.9 Å². The maximum Gasteiger partial charge on any atom is 0.220 e. The van der Waals surface area contributed by atoms with Crippen molar-refractivity contribution in [2.45, 2.75) is 317 Å². The van der Waals surface area contributed by atoms with Crippen molar-refractivity contribution in [3.8, 4) is 0 Å². The maximum absolute atomic E-state index is 13.4. The minimum atomic E-state index is -1.98. The average molecular weight is 1250 g/mol. The van der Waals surface area contributed by atoms with Crippen LogP contribution in [0.5, 0.6) is 0 Å². The van der Waals surface area contributed by atoms with Gasteiger partial charge in [-0.1, -0.05) is 221 Å². The van der Waals surface area contributed by atoms with E-state index in [1.54, 1.807) is 6.08 Å². The summed E-state index contributed by atoms with van der Waals surface area (Å²) in [6, 6.07) is -0.993. The molecule has 3 aliphatic rings. The molecule has 0 bridgehead atoms. The molecule has 17 atom stereocenters. The van der Waals surface area contributed by atoms with E-state index in [9.17, 15) is 61.0 Å². The molecule has 17 unspecified atom stereocenters. The van der Waals surface area contributed by atoms with Crippen LogP contribution in [0.15, 0.2) is 85.1 Å². The van der Waals surface area contributed by atoms with Crippen molar-refractivity contribution < 1.29 is 89.4 Å². The largest absolute Gasteiger partial charge is 0.394 e. The van der Waals surface area contributed by atoms with Gasteiger partial charge in [0.05, 0.1) is 38.6 Å². The summed E-state index contributed by atoms with van der Waals surface area (Å²) in [6.45, 7) is 1.59. The molecule has 1 amide bonds. The SMILES string of the molecule is CC/C=C\C/C=C\C/C=C\C/C=C\C/C=C\C/C=C\CCCCCCC(=O)NC(COC1OC(CO)C(OC2OC(CO)C(OC3OC(CO)C(O)C(O)C3O)C(O)C2O)C(O)C1O)C(O)/C=C/CCCCCCCCCCCCCCCCCCCC. The maximum atomic E-state index is 13.4. The lowest BCUT2D eigenvalue weighted by Crippen LogP contribution is -2.66. The van der Waals surface area contributed by atoms with Gasteiger partial charge in [-0.2, -0.15) is 0 Å². The molecule has 12 N–H and O–H groups in total. The average Bonchev–Trinajstić information content (AvgIpc) is 3.71. The highest BCUT2D eigenvalue weighted by molar-refractivity contribution is 5.76. The number of nitrogens with one attached hydrogen (secondary N) is 1. The second kappa shape index (κ2) is 50.5. The highest BCUT2D eigenvalue weighted by atomic mass is 16.8. The van der Waals surface area contributed by atoms with E-state index in [1.165, 1.54) is 96.3 Å². The number of hydrogen-bond donors (Lipinski definition) is 12. The molecule has 3 aliphatic heterocycles. The molecule has 0 aliphatic carbocycles. The van der Waals surface area contributed by atoms with Crippen LogP contribution in [-0.4, -0.2) is 193 Å². The normalized spacial score (nSPS) is 28.9.